The zero-order valence-electron chi connectivity index (χ0n) is 8.78. The second-order valence-corrected chi connectivity index (χ2v) is 3.91. The second kappa shape index (κ2) is 6.21. The van der Waals surface area contributed by atoms with Crippen LogP contribution in [-0.4, -0.2) is 25.2 Å². The molecule has 2 nitrogen and oxygen atoms in total. The molecule has 0 fully saturated rings. The van der Waals surface area contributed by atoms with E-state index in [0.29, 0.717) is 0 Å². The van der Waals surface area contributed by atoms with Gasteiger partial charge in [0.05, 0.1) is 0 Å². The van der Waals surface area contributed by atoms with E-state index in [0.717, 1.165) is 19.6 Å². The molecule has 0 aliphatic rings. The van der Waals surface area contributed by atoms with Crippen molar-refractivity contribution < 1.29 is 0 Å². The van der Waals surface area contributed by atoms with Gasteiger partial charge in [-0.25, -0.2) is 0 Å². The maximum atomic E-state index is 3.38. The highest BCUT2D eigenvalue weighted by molar-refractivity contribution is 4.87. The van der Waals surface area contributed by atoms with Crippen LogP contribution in [0.4, 0.5) is 0 Å². The van der Waals surface area contributed by atoms with E-state index in [-0.39, 0.29) is 5.54 Å². The van der Waals surface area contributed by atoms with Crippen LogP contribution in [0.1, 0.15) is 27.7 Å². The predicted molar refractivity (Wildman–Crippen MR) is 55.4 cm³/mol. The molecule has 0 atom stereocenters. The summed E-state index contributed by atoms with van der Waals surface area (Å²) in [5.41, 5.74) is 0.225. The van der Waals surface area contributed by atoms with Crippen molar-refractivity contribution in [1.82, 2.24) is 10.6 Å². The minimum Gasteiger partial charge on any atom is -0.314 e. The van der Waals surface area contributed by atoms with Gasteiger partial charge < -0.3 is 10.6 Å². The van der Waals surface area contributed by atoms with Crippen LogP contribution in [0.15, 0.2) is 12.2 Å². The topological polar surface area (TPSA) is 24.1 Å². The average molecular weight is 170 g/mol. The van der Waals surface area contributed by atoms with E-state index in [2.05, 4.69) is 50.5 Å². The van der Waals surface area contributed by atoms with Crippen molar-refractivity contribution in [3.63, 3.8) is 0 Å². The molecular weight excluding hydrogens is 148 g/mol. The molecule has 0 rings (SSSR count). The number of hydrogen-bond acceptors (Lipinski definition) is 2. The summed E-state index contributed by atoms with van der Waals surface area (Å²) < 4.78 is 0. The molecule has 0 bridgehead atoms. The monoisotopic (exact) mass is 170 g/mol. The smallest absolute Gasteiger partial charge is 0.0140 e. The van der Waals surface area contributed by atoms with Crippen LogP contribution >= 0.6 is 0 Å². The second-order valence-electron chi connectivity index (χ2n) is 3.91. The molecule has 0 aliphatic heterocycles. The quantitative estimate of drug-likeness (QED) is 0.483. The molecule has 72 valence electrons. The molecule has 0 saturated heterocycles. The third-order valence-corrected chi connectivity index (χ3v) is 1.43. The predicted octanol–water partition coefficient (Wildman–Crippen LogP) is 1.54. The number of likely N-dealkylation sites (N-methyl/N-ethyl adjacent to an activating group) is 1. The Labute approximate surface area is 76.4 Å². The van der Waals surface area contributed by atoms with Crippen molar-refractivity contribution in [2.45, 2.75) is 33.2 Å². The van der Waals surface area contributed by atoms with E-state index >= 15 is 0 Å². The summed E-state index contributed by atoms with van der Waals surface area (Å²) in [6.07, 6.45) is 4.32. The molecule has 0 radical (unpaired) electrons. The zero-order valence-corrected chi connectivity index (χ0v) is 8.78. The average Bonchev–Trinajstić information content (AvgIpc) is 1.94. The van der Waals surface area contributed by atoms with Crippen LogP contribution in [0.2, 0.25) is 0 Å². The number of rotatable bonds is 5. The van der Waals surface area contributed by atoms with Crippen molar-refractivity contribution in [2.75, 3.05) is 19.6 Å². The lowest BCUT2D eigenvalue weighted by Gasteiger charge is -2.18. The number of hydrogen-bond donors (Lipinski definition) is 2. The lowest BCUT2D eigenvalue weighted by atomic mass is 10.1. The summed E-state index contributed by atoms with van der Waals surface area (Å²) >= 11 is 0. The van der Waals surface area contributed by atoms with Gasteiger partial charge in [-0.3, -0.25) is 0 Å². The highest BCUT2D eigenvalue weighted by Gasteiger charge is 2.05. The minimum atomic E-state index is 0.225. The Morgan fingerprint density at radius 1 is 1.08 bits per heavy atom. The maximum absolute atomic E-state index is 3.38. The van der Waals surface area contributed by atoms with Crippen molar-refractivity contribution in [3.05, 3.63) is 12.2 Å². The molecular formula is C10H22N2. The summed E-state index contributed by atoms with van der Waals surface area (Å²) in [5.74, 6) is 0. The molecule has 0 unspecified atom stereocenters. The Hall–Kier alpha value is -0.340. The first-order valence-electron chi connectivity index (χ1n) is 4.67. The van der Waals surface area contributed by atoms with Crippen LogP contribution in [0, 0.1) is 0 Å². The standard InChI is InChI=1S/C10H22N2/c1-5-11-8-6-7-9-12-10(2,3)4/h6-7,11-12H,5,8-9H2,1-4H3. The van der Waals surface area contributed by atoms with E-state index in [9.17, 15) is 0 Å². The van der Waals surface area contributed by atoms with Gasteiger partial charge in [0.25, 0.3) is 0 Å². The van der Waals surface area contributed by atoms with Crippen molar-refractivity contribution in [2.24, 2.45) is 0 Å². The molecule has 0 spiro atoms. The van der Waals surface area contributed by atoms with E-state index in [1.54, 1.807) is 0 Å². The van der Waals surface area contributed by atoms with Gasteiger partial charge in [-0.15, -0.1) is 0 Å². The summed E-state index contributed by atoms with van der Waals surface area (Å²) in [6.45, 7) is 11.6. The van der Waals surface area contributed by atoms with Crippen LogP contribution in [0.5, 0.6) is 0 Å². The Morgan fingerprint density at radius 3 is 2.17 bits per heavy atom. The molecule has 0 saturated carbocycles. The molecule has 0 aromatic heterocycles. The van der Waals surface area contributed by atoms with Gasteiger partial charge in [0.2, 0.25) is 0 Å². The Bertz CT molecular complexity index is 122. The largest absolute Gasteiger partial charge is 0.314 e. The molecule has 0 aromatic carbocycles. The lowest BCUT2D eigenvalue weighted by Crippen LogP contribution is -2.35. The van der Waals surface area contributed by atoms with Gasteiger partial charge in [-0.1, -0.05) is 19.1 Å². The Morgan fingerprint density at radius 2 is 1.67 bits per heavy atom. The maximum Gasteiger partial charge on any atom is 0.0140 e. The fourth-order valence-corrected chi connectivity index (χ4v) is 0.759. The van der Waals surface area contributed by atoms with Gasteiger partial charge >= 0.3 is 0 Å². The Kier molecular flexibility index (Phi) is 6.03. The Balaban J connectivity index is 3.25. The third kappa shape index (κ3) is 9.66. The summed E-state index contributed by atoms with van der Waals surface area (Å²) in [4.78, 5) is 0. The van der Waals surface area contributed by atoms with Crippen LogP contribution in [0.25, 0.3) is 0 Å². The van der Waals surface area contributed by atoms with E-state index in [1.807, 2.05) is 0 Å². The molecule has 2 N–H and O–H groups in total. The minimum absolute atomic E-state index is 0.225. The summed E-state index contributed by atoms with van der Waals surface area (Å²) in [7, 11) is 0. The van der Waals surface area contributed by atoms with E-state index < -0.39 is 0 Å². The molecule has 2 heteroatoms. The van der Waals surface area contributed by atoms with Crippen molar-refractivity contribution in [3.8, 4) is 0 Å². The van der Waals surface area contributed by atoms with E-state index in [1.165, 1.54) is 0 Å². The van der Waals surface area contributed by atoms with Crippen molar-refractivity contribution >= 4 is 0 Å². The van der Waals surface area contributed by atoms with Crippen LogP contribution in [-0.2, 0) is 0 Å². The first-order valence-corrected chi connectivity index (χ1v) is 4.67. The first-order chi connectivity index (χ1) is 5.56. The molecule has 0 amide bonds. The third-order valence-electron chi connectivity index (χ3n) is 1.43. The molecule has 0 aromatic rings. The highest BCUT2D eigenvalue weighted by atomic mass is 14.9. The SMILES string of the molecule is CCNCC=CCNC(C)(C)C. The molecule has 12 heavy (non-hydrogen) atoms. The van der Waals surface area contributed by atoms with Gasteiger partial charge in [0, 0.05) is 18.6 Å². The first kappa shape index (κ1) is 11.7. The van der Waals surface area contributed by atoms with Gasteiger partial charge in [-0.2, -0.15) is 0 Å². The van der Waals surface area contributed by atoms with Gasteiger partial charge in [-0.05, 0) is 27.3 Å². The van der Waals surface area contributed by atoms with Crippen molar-refractivity contribution in [1.29, 1.82) is 0 Å². The normalized spacial score (nSPS) is 12.7. The summed E-state index contributed by atoms with van der Waals surface area (Å²) in [6, 6.07) is 0. The van der Waals surface area contributed by atoms with E-state index in [4.69, 9.17) is 0 Å². The zero-order chi connectivity index (χ0) is 9.45. The van der Waals surface area contributed by atoms with Crippen LogP contribution in [0.3, 0.4) is 0 Å². The van der Waals surface area contributed by atoms with Crippen LogP contribution < -0.4 is 10.6 Å². The van der Waals surface area contributed by atoms with Gasteiger partial charge in [0.1, 0.15) is 0 Å². The van der Waals surface area contributed by atoms with Gasteiger partial charge in [0.15, 0.2) is 0 Å². The molecule has 0 heterocycles. The fraction of sp³-hybridized carbons (Fsp3) is 0.800. The molecule has 0 aliphatic carbocycles. The summed E-state index contributed by atoms with van der Waals surface area (Å²) in [5, 5.41) is 6.62. The lowest BCUT2D eigenvalue weighted by molar-refractivity contribution is 0.449. The highest BCUT2D eigenvalue weighted by Crippen LogP contribution is 1.96. The fourth-order valence-electron chi connectivity index (χ4n) is 0.759. The number of nitrogens with one attached hydrogen (secondary N) is 2.